The molecule has 0 amide bonds. The first-order valence-electron chi connectivity index (χ1n) is 10.5. The summed E-state index contributed by atoms with van der Waals surface area (Å²) in [4.78, 5) is 18.1. The SMILES string of the molecule is Cc1ccsc1CN1CCc2nc(N3CCN(c4ccc(F)cc4)CC3)ncc2C1. The van der Waals surface area contributed by atoms with E-state index < -0.39 is 0 Å². The maximum atomic E-state index is 13.2. The van der Waals surface area contributed by atoms with E-state index in [1.54, 1.807) is 0 Å². The van der Waals surface area contributed by atoms with Crippen LogP contribution in [0.5, 0.6) is 0 Å². The van der Waals surface area contributed by atoms with Gasteiger partial charge in [0.2, 0.25) is 5.95 Å². The highest BCUT2D eigenvalue weighted by atomic mass is 32.1. The Morgan fingerprint density at radius 2 is 1.77 bits per heavy atom. The molecule has 1 saturated heterocycles. The summed E-state index contributed by atoms with van der Waals surface area (Å²) in [5.74, 6) is 0.652. The van der Waals surface area contributed by atoms with E-state index in [1.807, 2.05) is 29.7 Å². The topological polar surface area (TPSA) is 35.5 Å². The van der Waals surface area contributed by atoms with Crippen molar-refractivity contribution in [2.24, 2.45) is 0 Å². The van der Waals surface area contributed by atoms with Crippen molar-refractivity contribution in [2.75, 3.05) is 42.5 Å². The fraction of sp³-hybridized carbons (Fsp3) is 0.391. The molecule has 5 rings (SSSR count). The molecule has 0 atom stereocenters. The molecular weight excluding hydrogens is 397 g/mol. The van der Waals surface area contributed by atoms with Gasteiger partial charge in [-0.1, -0.05) is 0 Å². The highest BCUT2D eigenvalue weighted by molar-refractivity contribution is 7.10. The fourth-order valence-corrected chi connectivity index (χ4v) is 5.18. The Bertz CT molecular complexity index is 1010. The van der Waals surface area contributed by atoms with E-state index in [4.69, 9.17) is 9.97 Å². The first-order chi connectivity index (χ1) is 14.7. The van der Waals surface area contributed by atoms with Crippen molar-refractivity contribution in [3.8, 4) is 0 Å². The van der Waals surface area contributed by atoms with Crippen molar-refractivity contribution in [3.05, 3.63) is 69.4 Å². The number of aromatic nitrogens is 2. The summed E-state index contributed by atoms with van der Waals surface area (Å²) < 4.78 is 13.2. The van der Waals surface area contributed by atoms with Gasteiger partial charge in [-0.25, -0.2) is 14.4 Å². The van der Waals surface area contributed by atoms with Crippen molar-refractivity contribution in [1.82, 2.24) is 14.9 Å². The van der Waals surface area contributed by atoms with E-state index in [-0.39, 0.29) is 5.82 Å². The van der Waals surface area contributed by atoms with E-state index in [0.717, 1.165) is 63.9 Å². The molecular formula is C23H26FN5S. The monoisotopic (exact) mass is 423 g/mol. The van der Waals surface area contributed by atoms with Gasteiger partial charge in [0.15, 0.2) is 0 Å². The summed E-state index contributed by atoms with van der Waals surface area (Å²) >= 11 is 1.84. The number of anilines is 2. The molecule has 4 heterocycles. The van der Waals surface area contributed by atoms with Crippen LogP contribution >= 0.6 is 11.3 Å². The molecule has 30 heavy (non-hydrogen) atoms. The maximum Gasteiger partial charge on any atom is 0.225 e. The van der Waals surface area contributed by atoms with Gasteiger partial charge in [-0.2, -0.15) is 0 Å². The zero-order chi connectivity index (χ0) is 20.5. The molecule has 1 aromatic carbocycles. The third kappa shape index (κ3) is 4.04. The quantitative estimate of drug-likeness (QED) is 0.637. The van der Waals surface area contributed by atoms with Crippen LogP contribution in [0.2, 0.25) is 0 Å². The highest BCUT2D eigenvalue weighted by Gasteiger charge is 2.23. The van der Waals surface area contributed by atoms with E-state index in [1.165, 1.54) is 33.8 Å². The highest BCUT2D eigenvalue weighted by Crippen LogP contribution is 2.25. The van der Waals surface area contributed by atoms with E-state index in [9.17, 15) is 4.39 Å². The summed E-state index contributed by atoms with van der Waals surface area (Å²) in [6.07, 6.45) is 3.00. The second kappa shape index (κ2) is 8.32. The number of piperazine rings is 1. The number of halogens is 1. The van der Waals surface area contributed by atoms with E-state index in [2.05, 4.69) is 33.1 Å². The van der Waals surface area contributed by atoms with Crippen LogP contribution in [-0.2, 0) is 19.5 Å². The Labute approximate surface area is 180 Å². The van der Waals surface area contributed by atoms with Gasteiger partial charge < -0.3 is 9.80 Å². The Balaban J connectivity index is 1.21. The predicted molar refractivity (Wildman–Crippen MR) is 120 cm³/mol. The smallest absolute Gasteiger partial charge is 0.225 e. The molecule has 156 valence electrons. The Morgan fingerprint density at radius 1 is 1.00 bits per heavy atom. The second-order valence-corrected chi connectivity index (χ2v) is 9.08. The lowest BCUT2D eigenvalue weighted by Gasteiger charge is -2.36. The van der Waals surface area contributed by atoms with Gasteiger partial charge in [-0.05, 0) is 48.2 Å². The first kappa shape index (κ1) is 19.5. The number of fused-ring (bicyclic) bond motifs is 1. The number of benzene rings is 1. The number of rotatable bonds is 4. The van der Waals surface area contributed by atoms with E-state index in [0.29, 0.717) is 0 Å². The van der Waals surface area contributed by atoms with Crippen LogP contribution in [0.4, 0.5) is 16.0 Å². The van der Waals surface area contributed by atoms with Gasteiger partial charge in [0.25, 0.3) is 0 Å². The zero-order valence-electron chi connectivity index (χ0n) is 17.2. The van der Waals surface area contributed by atoms with Crippen LogP contribution in [0.25, 0.3) is 0 Å². The van der Waals surface area contributed by atoms with Gasteiger partial charge in [0.05, 0.1) is 5.69 Å². The molecule has 0 saturated carbocycles. The average Bonchev–Trinajstić information content (AvgIpc) is 3.18. The first-order valence-corrected chi connectivity index (χ1v) is 11.4. The third-order valence-corrected chi connectivity index (χ3v) is 7.10. The van der Waals surface area contributed by atoms with Gasteiger partial charge in [0.1, 0.15) is 5.82 Å². The Kier molecular flexibility index (Phi) is 5.39. The van der Waals surface area contributed by atoms with E-state index >= 15 is 0 Å². The van der Waals surface area contributed by atoms with Gasteiger partial charge in [0, 0.05) is 74.6 Å². The molecule has 7 heteroatoms. The third-order valence-electron chi connectivity index (χ3n) is 6.09. The van der Waals surface area contributed by atoms with Crippen molar-refractivity contribution >= 4 is 23.0 Å². The number of thiophene rings is 1. The van der Waals surface area contributed by atoms with Crippen LogP contribution in [0.1, 0.15) is 21.7 Å². The van der Waals surface area contributed by atoms with Crippen LogP contribution in [0.15, 0.2) is 41.9 Å². The molecule has 0 N–H and O–H groups in total. The van der Waals surface area contributed by atoms with Crippen molar-refractivity contribution in [3.63, 3.8) is 0 Å². The molecule has 0 aliphatic carbocycles. The standard InChI is InChI=1S/C23H26FN5S/c1-17-7-13-30-22(17)16-27-8-6-21-18(15-27)14-25-23(26-21)29-11-9-28(10-12-29)20-4-2-19(24)3-5-20/h2-5,7,13-14H,6,8-12,15-16H2,1H3. The minimum atomic E-state index is -0.191. The molecule has 0 radical (unpaired) electrons. The molecule has 2 aromatic heterocycles. The molecule has 1 fully saturated rings. The van der Waals surface area contributed by atoms with Gasteiger partial charge >= 0.3 is 0 Å². The normalized spacial score (nSPS) is 17.3. The number of hydrogen-bond acceptors (Lipinski definition) is 6. The minimum absolute atomic E-state index is 0.191. The fourth-order valence-electron chi connectivity index (χ4n) is 4.24. The van der Waals surface area contributed by atoms with Crippen LogP contribution < -0.4 is 9.80 Å². The zero-order valence-corrected chi connectivity index (χ0v) is 18.0. The molecule has 0 bridgehead atoms. The molecule has 5 nitrogen and oxygen atoms in total. The van der Waals surface area contributed by atoms with Gasteiger partial charge in [-0.3, -0.25) is 4.90 Å². The summed E-state index contributed by atoms with van der Waals surface area (Å²) in [6.45, 7) is 8.69. The number of nitrogens with zero attached hydrogens (tertiary/aromatic N) is 5. The molecule has 0 spiro atoms. The van der Waals surface area contributed by atoms with Crippen molar-refractivity contribution < 1.29 is 4.39 Å². The maximum absolute atomic E-state index is 13.2. The minimum Gasteiger partial charge on any atom is -0.368 e. The lowest BCUT2D eigenvalue weighted by Crippen LogP contribution is -2.47. The lowest BCUT2D eigenvalue weighted by atomic mass is 10.1. The number of hydrogen-bond donors (Lipinski definition) is 0. The summed E-state index contributed by atoms with van der Waals surface area (Å²) in [5, 5.41) is 2.17. The van der Waals surface area contributed by atoms with Crippen molar-refractivity contribution in [1.29, 1.82) is 0 Å². The van der Waals surface area contributed by atoms with Crippen LogP contribution in [-0.4, -0.2) is 47.6 Å². The largest absolute Gasteiger partial charge is 0.368 e. The molecule has 0 unspecified atom stereocenters. The van der Waals surface area contributed by atoms with Crippen LogP contribution in [0.3, 0.4) is 0 Å². The molecule has 2 aliphatic rings. The summed E-state index contributed by atoms with van der Waals surface area (Å²) in [7, 11) is 0. The Hall–Kier alpha value is -2.51. The number of aryl methyl sites for hydroxylation is 1. The summed E-state index contributed by atoms with van der Waals surface area (Å²) in [5.41, 5.74) is 4.91. The molecule has 3 aromatic rings. The van der Waals surface area contributed by atoms with Crippen LogP contribution in [0, 0.1) is 12.7 Å². The second-order valence-electron chi connectivity index (χ2n) is 8.08. The summed E-state index contributed by atoms with van der Waals surface area (Å²) in [6, 6.07) is 8.95. The van der Waals surface area contributed by atoms with Gasteiger partial charge in [-0.15, -0.1) is 11.3 Å². The van der Waals surface area contributed by atoms with Crippen molar-refractivity contribution in [2.45, 2.75) is 26.4 Å². The average molecular weight is 424 g/mol. The Morgan fingerprint density at radius 3 is 2.50 bits per heavy atom. The molecule has 2 aliphatic heterocycles. The predicted octanol–water partition coefficient (Wildman–Crippen LogP) is 3.87. The lowest BCUT2D eigenvalue weighted by molar-refractivity contribution is 0.244.